The molecule has 6 nitrogen and oxygen atoms in total. The third-order valence-electron chi connectivity index (χ3n) is 2.88. The van der Waals surface area contributed by atoms with Crippen molar-refractivity contribution in [2.45, 2.75) is 20.8 Å². The number of para-hydroxylation sites is 1. The Kier molecular flexibility index (Phi) is 4.88. The largest absolute Gasteiger partial charge is 0.464 e. The van der Waals surface area contributed by atoms with E-state index in [2.05, 4.69) is 20.6 Å². The van der Waals surface area contributed by atoms with E-state index in [1.807, 2.05) is 6.92 Å². The molecule has 0 aliphatic heterocycles. The lowest BCUT2D eigenvalue weighted by atomic mass is 10.3. The van der Waals surface area contributed by atoms with E-state index in [0.29, 0.717) is 23.7 Å². The highest BCUT2D eigenvalue weighted by Crippen LogP contribution is 2.20. The molecule has 2 aromatic rings. The zero-order valence-corrected chi connectivity index (χ0v) is 12.6. The first-order chi connectivity index (χ1) is 10.5. The highest BCUT2D eigenvalue weighted by Gasteiger charge is 2.13. The number of hydrogen-bond acceptors (Lipinski definition) is 4. The Hall–Kier alpha value is -2.70. The number of amides is 2. The molecule has 0 saturated heterocycles. The second-order valence-electron chi connectivity index (χ2n) is 4.54. The number of halogens is 1. The van der Waals surface area contributed by atoms with Crippen LogP contribution in [0, 0.1) is 19.7 Å². The maximum atomic E-state index is 13.5. The Morgan fingerprint density at radius 1 is 1.18 bits per heavy atom. The Labute approximate surface area is 127 Å². The standard InChI is InChI=1S/C15H17FN4O2/c1-4-22-15-17-9(2)13(10(3)18-15)20-14(21)19-12-8-6-5-7-11(12)16/h5-8H,4H2,1-3H3,(H2,19,20,21). The van der Waals surface area contributed by atoms with Gasteiger partial charge in [-0.15, -0.1) is 0 Å². The fourth-order valence-corrected chi connectivity index (χ4v) is 1.89. The second kappa shape index (κ2) is 6.84. The van der Waals surface area contributed by atoms with Crippen LogP contribution in [0.2, 0.25) is 0 Å². The lowest BCUT2D eigenvalue weighted by Crippen LogP contribution is -2.22. The summed E-state index contributed by atoms with van der Waals surface area (Å²) in [6.07, 6.45) is 0. The molecule has 116 valence electrons. The second-order valence-corrected chi connectivity index (χ2v) is 4.54. The van der Waals surface area contributed by atoms with E-state index in [9.17, 15) is 9.18 Å². The molecule has 0 spiro atoms. The normalized spacial score (nSPS) is 10.2. The number of carbonyl (C=O) groups excluding carboxylic acids is 1. The van der Waals surface area contributed by atoms with Crippen molar-refractivity contribution in [3.05, 3.63) is 41.5 Å². The van der Waals surface area contributed by atoms with Crippen molar-refractivity contribution in [2.24, 2.45) is 0 Å². The monoisotopic (exact) mass is 304 g/mol. The van der Waals surface area contributed by atoms with Gasteiger partial charge in [0.15, 0.2) is 0 Å². The third kappa shape index (κ3) is 3.69. The molecule has 0 bridgehead atoms. The molecule has 1 aromatic carbocycles. The van der Waals surface area contributed by atoms with Crippen molar-refractivity contribution in [3.63, 3.8) is 0 Å². The SMILES string of the molecule is CCOc1nc(C)c(NC(=O)Nc2ccccc2F)c(C)n1. The number of anilines is 2. The van der Waals surface area contributed by atoms with Crippen molar-refractivity contribution < 1.29 is 13.9 Å². The van der Waals surface area contributed by atoms with E-state index in [4.69, 9.17) is 4.74 Å². The van der Waals surface area contributed by atoms with Gasteiger partial charge in [0.2, 0.25) is 0 Å². The summed E-state index contributed by atoms with van der Waals surface area (Å²) in [4.78, 5) is 20.3. The van der Waals surface area contributed by atoms with Crippen molar-refractivity contribution in [3.8, 4) is 6.01 Å². The maximum absolute atomic E-state index is 13.5. The van der Waals surface area contributed by atoms with Gasteiger partial charge in [-0.2, -0.15) is 9.97 Å². The first-order valence-corrected chi connectivity index (χ1v) is 6.81. The molecule has 0 radical (unpaired) electrons. The average molecular weight is 304 g/mol. The predicted octanol–water partition coefficient (Wildman–Crippen LogP) is 3.28. The van der Waals surface area contributed by atoms with Gasteiger partial charge >= 0.3 is 12.0 Å². The molecular weight excluding hydrogens is 287 g/mol. The van der Waals surface area contributed by atoms with Gasteiger partial charge in [-0.1, -0.05) is 12.1 Å². The molecular formula is C15H17FN4O2. The van der Waals surface area contributed by atoms with Gasteiger partial charge in [0.1, 0.15) is 5.82 Å². The van der Waals surface area contributed by atoms with Crippen LogP contribution in [-0.4, -0.2) is 22.6 Å². The third-order valence-corrected chi connectivity index (χ3v) is 2.88. The van der Waals surface area contributed by atoms with Crippen LogP contribution in [0.15, 0.2) is 24.3 Å². The summed E-state index contributed by atoms with van der Waals surface area (Å²) in [6, 6.07) is 5.62. The quantitative estimate of drug-likeness (QED) is 0.909. The molecule has 0 unspecified atom stereocenters. The summed E-state index contributed by atoms with van der Waals surface area (Å²) in [6.45, 7) is 5.76. The van der Waals surface area contributed by atoms with Crippen LogP contribution >= 0.6 is 0 Å². The molecule has 0 saturated carbocycles. The van der Waals surface area contributed by atoms with E-state index in [0.717, 1.165) is 0 Å². The van der Waals surface area contributed by atoms with E-state index in [1.54, 1.807) is 26.0 Å². The van der Waals surface area contributed by atoms with Gasteiger partial charge in [0, 0.05) is 0 Å². The van der Waals surface area contributed by atoms with Crippen LogP contribution < -0.4 is 15.4 Å². The van der Waals surface area contributed by atoms with Gasteiger partial charge in [0.05, 0.1) is 29.4 Å². The van der Waals surface area contributed by atoms with E-state index in [1.165, 1.54) is 12.1 Å². The molecule has 0 fully saturated rings. The van der Waals surface area contributed by atoms with Crippen molar-refractivity contribution in [2.75, 3.05) is 17.2 Å². The molecule has 0 aliphatic rings. The topological polar surface area (TPSA) is 76.1 Å². The highest BCUT2D eigenvalue weighted by molar-refractivity contribution is 6.00. The zero-order chi connectivity index (χ0) is 16.1. The summed E-state index contributed by atoms with van der Waals surface area (Å²) in [5.74, 6) is -0.506. The first-order valence-electron chi connectivity index (χ1n) is 6.81. The number of aromatic nitrogens is 2. The molecule has 0 aliphatic carbocycles. The molecule has 0 atom stereocenters. The Morgan fingerprint density at radius 3 is 2.41 bits per heavy atom. The number of nitrogens with one attached hydrogen (secondary N) is 2. The first kappa shape index (κ1) is 15.7. The minimum atomic E-state index is -0.566. The fraction of sp³-hybridized carbons (Fsp3) is 0.267. The summed E-state index contributed by atoms with van der Waals surface area (Å²) in [5, 5.41) is 5.07. The van der Waals surface area contributed by atoms with Gasteiger partial charge in [-0.25, -0.2) is 9.18 Å². The lowest BCUT2D eigenvalue weighted by molar-refractivity contribution is 0.262. The lowest BCUT2D eigenvalue weighted by Gasteiger charge is -2.13. The average Bonchev–Trinajstić information content (AvgIpc) is 2.46. The number of benzene rings is 1. The zero-order valence-electron chi connectivity index (χ0n) is 12.6. The maximum Gasteiger partial charge on any atom is 0.323 e. The number of rotatable bonds is 4. The van der Waals surface area contributed by atoms with Crippen LogP contribution in [0.1, 0.15) is 18.3 Å². The summed E-state index contributed by atoms with van der Waals surface area (Å²) >= 11 is 0. The Bertz CT molecular complexity index is 668. The molecule has 1 aromatic heterocycles. The smallest absolute Gasteiger partial charge is 0.323 e. The Morgan fingerprint density at radius 2 is 1.82 bits per heavy atom. The van der Waals surface area contributed by atoms with E-state index < -0.39 is 11.8 Å². The van der Waals surface area contributed by atoms with Crippen LogP contribution in [-0.2, 0) is 0 Å². The number of nitrogens with zero attached hydrogens (tertiary/aromatic N) is 2. The molecule has 7 heteroatoms. The van der Waals surface area contributed by atoms with Gasteiger partial charge in [-0.3, -0.25) is 0 Å². The minimum Gasteiger partial charge on any atom is -0.464 e. The number of carbonyl (C=O) groups is 1. The van der Waals surface area contributed by atoms with Crippen LogP contribution in [0.3, 0.4) is 0 Å². The number of hydrogen-bond donors (Lipinski definition) is 2. The number of aryl methyl sites for hydroxylation is 2. The van der Waals surface area contributed by atoms with Crippen LogP contribution in [0.5, 0.6) is 6.01 Å². The van der Waals surface area contributed by atoms with Crippen LogP contribution in [0.25, 0.3) is 0 Å². The van der Waals surface area contributed by atoms with Gasteiger partial charge in [0.25, 0.3) is 0 Å². The van der Waals surface area contributed by atoms with Gasteiger partial charge < -0.3 is 15.4 Å². The van der Waals surface area contributed by atoms with E-state index in [-0.39, 0.29) is 11.7 Å². The molecule has 1 heterocycles. The van der Waals surface area contributed by atoms with Crippen LogP contribution in [0.4, 0.5) is 20.6 Å². The molecule has 22 heavy (non-hydrogen) atoms. The van der Waals surface area contributed by atoms with Gasteiger partial charge in [-0.05, 0) is 32.9 Å². The predicted molar refractivity (Wildman–Crippen MR) is 81.7 cm³/mol. The highest BCUT2D eigenvalue weighted by atomic mass is 19.1. The number of ether oxygens (including phenoxy) is 1. The molecule has 2 amide bonds. The van der Waals surface area contributed by atoms with E-state index >= 15 is 0 Å². The molecule has 2 N–H and O–H groups in total. The fourth-order valence-electron chi connectivity index (χ4n) is 1.89. The molecule has 2 rings (SSSR count). The van der Waals surface area contributed by atoms with Crippen molar-refractivity contribution in [1.82, 2.24) is 9.97 Å². The van der Waals surface area contributed by atoms with Crippen molar-refractivity contribution >= 4 is 17.4 Å². The summed E-state index contributed by atoms with van der Waals surface area (Å²) in [5.41, 5.74) is 1.71. The summed E-state index contributed by atoms with van der Waals surface area (Å²) < 4.78 is 18.7. The number of urea groups is 1. The van der Waals surface area contributed by atoms with Crippen molar-refractivity contribution in [1.29, 1.82) is 0 Å². The summed E-state index contributed by atoms with van der Waals surface area (Å²) in [7, 11) is 0. The minimum absolute atomic E-state index is 0.0992. The Balaban J connectivity index is 2.13.